The van der Waals surface area contributed by atoms with E-state index in [0.717, 1.165) is 0 Å². The summed E-state index contributed by atoms with van der Waals surface area (Å²) < 4.78 is 5.58. The third-order valence-electron chi connectivity index (χ3n) is 3.28. The third-order valence-corrected chi connectivity index (χ3v) is 4.02. The number of carbonyl (C=O) groups is 2. The van der Waals surface area contributed by atoms with Crippen molar-refractivity contribution < 1.29 is 14.3 Å². The van der Waals surface area contributed by atoms with Crippen LogP contribution >= 0.6 is 23.2 Å². The normalized spacial score (nSPS) is 16.1. The van der Waals surface area contributed by atoms with Crippen molar-refractivity contribution in [2.24, 2.45) is 0 Å². The van der Waals surface area contributed by atoms with E-state index >= 15 is 0 Å². The van der Waals surface area contributed by atoms with Crippen LogP contribution in [-0.4, -0.2) is 17.9 Å². The second kappa shape index (κ2) is 6.48. The van der Waals surface area contributed by atoms with Crippen LogP contribution in [-0.2, 0) is 9.59 Å². The minimum atomic E-state index is -0.882. The number of amides is 2. The molecule has 0 fully saturated rings. The number of halogens is 2. The quantitative estimate of drug-likeness (QED) is 0.886. The summed E-state index contributed by atoms with van der Waals surface area (Å²) in [4.78, 5) is 24.1. The monoisotopic (exact) mass is 350 g/mol. The topological polar surface area (TPSA) is 67.4 Å². The third kappa shape index (κ3) is 3.57. The number of ether oxygens (including phenoxy) is 1. The van der Waals surface area contributed by atoms with Crippen molar-refractivity contribution in [3.8, 4) is 5.75 Å². The Bertz CT molecular complexity index is 780. The lowest BCUT2D eigenvalue weighted by Crippen LogP contribution is -2.39. The van der Waals surface area contributed by atoms with Crippen LogP contribution in [0.3, 0.4) is 0 Å². The summed E-state index contributed by atoms with van der Waals surface area (Å²) in [7, 11) is 0. The lowest BCUT2D eigenvalue weighted by atomic mass is 10.1. The number of nitrogens with one attached hydrogen (secondary N) is 2. The Morgan fingerprint density at radius 2 is 1.96 bits per heavy atom. The molecule has 5 nitrogen and oxygen atoms in total. The molecule has 1 aliphatic heterocycles. The minimum Gasteiger partial charge on any atom is -0.478 e. The average molecular weight is 351 g/mol. The maximum Gasteiger partial charge on any atom is 0.266 e. The van der Waals surface area contributed by atoms with Crippen LogP contribution in [0.1, 0.15) is 6.42 Å². The van der Waals surface area contributed by atoms with Crippen molar-refractivity contribution in [2.75, 3.05) is 10.6 Å². The van der Waals surface area contributed by atoms with Crippen LogP contribution in [0.25, 0.3) is 0 Å². The van der Waals surface area contributed by atoms with Gasteiger partial charge in [0.05, 0.1) is 22.2 Å². The number of rotatable bonds is 3. The summed E-state index contributed by atoms with van der Waals surface area (Å²) in [6.07, 6.45) is -0.992. The number of benzene rings is 2. The number of fused-ring (bicyclic) bond motifs is 1. The van der Waals surface area contributed by atoms with Gasteiger partial charge in [-0.3, -0.25) is 9.59 Å². The van der Waals surface area contributed by atoms with E-state index < -0.39 is 6.10 Å². The Hall–Kier alpha value is -2.24. The molecule has 0 saturated carbocycles. The Balaban J connectivity index is 1.66. The van der Waals surface area contributed by atoms with Gasteiger partial charge in [0.25, 0.3) is 5.91 Å². The highest BCUT2D eigenvalue weighted by molar-refractivity contribution is 6.42. The molecule has 0 saturated heterocycles. The lowest BCUT2D eigenvalue weighted by molar-refractivity contribution is -0.128. The van der Waals surface area contributed by atoms with Gasteiger partial charge in [-0.1, -0.05) is 35.3 Å². The summed E-state index contributed by atoms with van der Waals surface area (Å²) >= 11 is 11.7. The van der Waals surface area contributed by atoms with Crippen molar-refractivity contribution >= 4 is 46.4 Å². The lowest BCUT2D eigenvalue weighted by Gasteiger charge is -2.25. The zero-order chi connectivity index (χ0) is 16.4. The molecular formula is C16H12Cl2N2O3. The predicted octanol–water partition coefficient (Wildman–Crippen LogP) is 3.72. The van der Waals surface area contributed by atoms with Gasteiger partial charge >= 0.3 is 0 Å². The number of anilines is 2. The molecule has 118 valence electrons. The first-order valence-electron chi connectivity index (χ1n) is 6.84. The van der Waals surface area contributed by atoms with Gasteiger partial charge in [0, 0.05) is 5.69 Å². The van der Waals surface area contributed by atoms with Gasteiger partial charge in [-0.2, -0.15) is 0 Å². The van der Waals surface area contributed by atoms with Gasteiger partial charge in [0.15, 0.2) is 6.10 Å². The molecule has 3 rings (SSSR count). The number of hydrogen-bond donors (Lipinski definition) is 2. The first-order valence-corrected chi connectivity index (χ1v) is 7.60. The Labute approximate surface area is 142 Å². The highest BCUT2D eigenvalue weighted by Crippen LogP contribution is 2.30. The number of hydrogen-bond acceptors (Lipinski definition) is 3. The van der Waals surface area contributed by atoms with Gasteiger partial charge in [-0.05, 0) is 30.3 Å². The van der Waals surface area contributed by atoms with E-state index in [-0.39, 0.29) is 18.2 Å². The summed E-state index contributed by atoms with van der Waals surface area (Å²) in [5.41, 5.74) is 1.10. The van der Waals surface area contributed by atoms with Crippen LogP contribution in [0.2, 0.25) is 10.0 Å². The molecule has 0 bridgehead atoms. The van der Waals surface area contributed by atoms with Crippen LogP contribution in [0.4, 0.5) is 11.4 Å². The van der Waals surface area contributed by atoms with E-state index in [9.17, 15) is 9.59 Å². The number of carbonyl (C=O) groups excluding carboxylic acids is 2. The molecule has 1 aliphatic rings. The highest BCUT2D eigenvalue weighted by atomic mass is 35.5. The standard InChI is InChI=1S/C16H12Cl2N2O3/c17-10-6-5-9(7-11(10)18)19-15(21)8-14-16(22)20-12-3-1-2-4-13(12)23-14/h1-7,14H,8H2,(H,19,21)(H,20,22)/t14-/m0/s1. The van der Waals surface area contributed by atoms with E-state index in [4.69, 9.17) is 27.9 Å². The van der Waals surface area contributed by atoms with Crippen molar-refractivity contribution in [1.82, 2.24) is 0 Å². The Morgan fingerprint density at radius 3 is 2.74 bits per heavy atom. The molecule has 2 amide bonds. The van der Waals surface area contributed by atoms with Gasteiger partial charge in [-0.25, -0.2) is 0 Å². The van der Waals surface area contributed by atoms with Crippen LogP contribution in [0.5, 0.6) is 5.75 Å². The largest absolute Gasteiger partial charge is 0.478 e. The molecule has 1 heterocycles. The molecule has 23 heavy (non-hydrogen) atoms. The first-order chi connectivity index (χ1) is 11.0. The molecular weight excluding hydrogens is 339 g/mol. The van der Waals surface area contributed by atoms with E-state index in [1.807, 2.05) is 0 Å². The molecule has 2 aromatic rings. The van der Waals surface area contributed by atoms with Crippen molar-refractivity contribution in [3.63, 3.8) is 0 Å². The van der Waals surface area contributed by atoms with Crippen molar-refractivity contribution in [2.45, 2.75) is 12.5 Å². The van der Waals surface area contributed by atoms with E-state index in [0.29, 0.717) is 27.2 Å². The fraction of sp³-hybridized carbons (Fsp3) is 0.125. The summed E-state index contributed by atoms with van der Waals surface area (Å²) in [5, 5.41) is 6.11. The molecule has 2 aromatic carbocycles. The Morgan fingerprint density at radius 1 is 1.17 bits per heavy atom. The van der Waals surface area contributed by atoms with E-state index in [1.54, 1.807) is 42.5 Å². The summed E-state index contributed by atoms with van der Waals surface area (Å²) in [5.74, 6) is -0.171. The molecule has 0 unspecified atom stereocenters. The van der Waals surface area contributed by atoms with Gasteiger partial charge < -0.3 is 15.4 Å². The fourth-order valence-corrected chi connectivity index (χ4v) is 2.48. The second-order valence-corrected chi connectivity index (χ2v) is 5.79. The molecule has 0 spiro atoms. The molecule has 2 N–H and O–H groups in total. The SMILES string of the molecule is O=C(C[C@@H]1Oc2ccccc2NC1=O)Nc1ccc(Cl)c(Cl)c1. The van der Waals surface area contributed by atoms with Gasteiger partial charge in [-0.15, -0.1) is 0 Å². The second-order valence-electron chi connectivity index (χ2n) is 4.97. The van der Waals surface area contributed by atoms with Crippen molar-refractivity contribution in [1.29, 1.82) is 0 Å². The van der Waals surface area contributed by atoms with E-state index in [1.165, 1.54) is 0 Å². The minimum absolute atomic E-state index is 0.111. The predicted molar refractivity (Wildman–Crippen MR) is 89.2 cm³/mol. The van der Waals surface area contributed by atoms with Crippen LogP contribution in [0.15, 0.2) is 42.5 Å². The zero-order valence-corrected chi connectivity index (χ0v) is 13.3. The molecule has 0 aromatic heterocycles. The van der Waals surface area contributed by atoms with Crippen molar-refractivity contribution in [3.05, 3.63) is 52.5 Å². The molecule has 0 radical (unpaired) electrons. The number of para-hydroxylation sites is 2. The van der Waals surface area contributed by atoms with E-state index in [2.05, 4.69) is 10.6 Å². The average Bonchev–Trinajstić information content (AvgIpc) is 2.51. The smallest absolute Gasteiger partial charge is 0.266 e. The summed E-state index contributed by atoms with van der Waals surface area (Å²) in [6.45, 7) is 0. The Kier molecular flexibility index (Phi) is 4.41. The molecule has 0 aliphatic carbocycles. The highest BCUT2D eigenvalue weighted by Gasteiger charge is 2.29. The van der Waals surface area contributed by atoms with Gasteiger partial charge in [0.1, 0.15) is 5.75 Å². The fourth-order valence-electron chi connectivity index (χ4n) is 2.18. The first kappa shape index (κ1) is 15.6. The molecule has 7 heteroatoms. The maximum atomic E-state index is 12.1. The van der Waals surface area contributed by atoms with Crippen LogP contribution < -0.4 is 15.4 Å². The maximum absolute atomic E-state index is 12.1. The summed E-state index contributed by atoms with van der Waals surface area (Å²) in [6, 6.07) is 11.8. The van der Waals surface area contributed by atoms with Gasteiger partial charge in [0.2, 0.25) is 5.91 Å². The zero-order valence-electron chi connectivity index (χ0n) is 11.8. The van der Waals surface area contributed by atoms with Crippen LogP contribution in [0, 0.1) is 0 Å². The molecule has 1 atom stereocenters.